The van der Waals surface area contributed by atoms with Crippen molar-refractivity contribution >= 4 is 21.6 Å². The minimum Gasteiger partial charge on any atom is -0.383 e. The van der Waals surface area contributed by atoms with E-state index < -0.39 is 10.0 Å². The van der Waals surface area contributed by atoms with Crippen LogP contribution in [0.5, 0.6) is 0 Å². The summed E-state index contributed by atoms with van der Waals surface area (Å²) in [5.74, 6) is 2.25. The van der Waals surface area contributed by atoms with Crippen LogP contribution in [0.1, 0.15) is 51.0 Å². The SMILES string of the molecule is COC[C@@H](C)NC(=O)CN(c1ccc(C23CC4CC(CC(C4)C2)C3)cc1)S(C)(=O)=O. The summed E-state index contributed by atoms with van der Waals surface area (Å²) < 4.78 is 31.0. The molecule has 1 amide bonds. The summed E-state index contributed by atoms with van der Waals surface area (Å²) in [6.07, 6.45) is 9.16. The molecule has 0 radical (unpaired) electrons. The first-order valence-electron chi connectivity index (χ1n) is 11.0. The van der Waals surface area contributed by atoms with Gasteiger partial charge in [0.1, 0.15) is 6.54 Å². The highest BCUT2D eigenvalue weighted by Gasteiger charge is 2.51. The van der Waals surface area contributed by atoms with Crippen molar-refractivity contribution in [2.45, 2.75) is 56.9 Å². The van der Waals surface area contributed by atoms with E-state index in [1.807, 2.05) is 19.1 Å². The van der Waals surface area contributed by atoms with E-state index in [9.17, 15) is 13.2 Å². The maximum absolute atomic E-state index is 12.4. The van der Waals surface area contributed by atoms with E-state index in [0.29, 0.717) is 12.3 Å². The van der Waals surface area contributed by atoms with Crippen LogP contribution in [0.2, 0.25) is 0 Å². The predicted octanol–water partition coefficient (Wildman–Crippen LogP) is 3.07. The van der Waals surface area contributed by atoms with Crippen molar-refractivity contribution in [1.29, 1.82) is 0 Å². The van der Waals surface area contributed by atoms with Gasteiger partial charge >= 0.3 is 0 Å². The Hall–Kier alpha value is -1.60. The molecule has 0 heterocycles. The molecule has 5 rings (SSSR count). The van der Waals surface area contributed by atoms with Gasteiger partial charge in [0.25, 0.3) is 0 Å². The molecule has 0 saturated heterocycles. The number of ether oxygens (including phenoxy) is 1. The van der Waals surface area contributed by atoms with Gasteiger partial charge in [-0.05, 0) is 86.3 Å². The number of sulfonamides is 1. The quantitative estimate of drug-likeness (QED) is 0.682. The van der Waals surface area contributed by atoms with Crippen molar-refractivity contribution in [3.05, 3.63) is 29.8 Å². The van der Waals surface area contributed by atoms with Crippen molar-refractivity contribution in [2.24, 2.45) is 17.8 Å². The molecule has 0 aliphatic heterocycles. The molecule has 1 aromatic carbocycles. The number of benzene rings is 1. The summed E-state index contributed by atoms with van der Waals surface area (Å²) >= 11 is 0. The number of amides is 1. The Bertz CT molecular complexity index is 846. The lowest BCUT2D eigenvalue weighted by atomic mass is 9.48. The number of methoxy groups -OCH3 is 1. The molecule has 1 aromatic rings. The molecule has 4 fully saturated rings. The molecule has 4 bridgehead atoms. The molecule has 1 N–H and O–H groups in total. The molecule has 4 aliphatic rings. The number of rotatable bonds is 8. The van der Waals surface area contributed by atoms with E-state index in [0.717, 1.165) is 24.0 Å². The molecule has 30 heavy (non-hydrogen) atoms. The number of carbonyl (C=O) groups excluding carboxylic acids is 1. The lowest BCUT2D eigenvalue weighted by molar-refractivity contribution is -0.120. The molecule has 0 spiro atoms. The first kappa shape index (κ1) is 21.6. The molecule has 166 valence electrons. The maximum atomic E-state index is 12.4. The smallest absolute Gasteiger partial charge is 0.241 e. The zero-order valence-corrected chi connectivity index (χ0v) is 19.1. The van der Waals surface area contributed by atoms with Crippen molar-refractivity contribution < 1.29 is 17.9 Å². The fourth-order valence-corrected chi connectivity index (χ4v) is 7.44. The largest absolute Gasteiger partial charge is 0.383 e. The number of hydrogen-bond acceptors (Lipinski definition) is 4. The van der Waals surface area contributed by atoms with Gasteiger partial charge in [0.2, 0.25) is 15.9 Å². The van der Waals surface area contributed by atoms with Crippen molar-refractivity contribution in [2.75, 3.05) is 30.8 Å². The second-order valence-corrected chi connectivity index (χ2v) is 11.8. The molecule has 1 atom stereocenters. The topological polar surface area (TPSA) is 75.7 Å². The molecular formula is C23H34N2O4S. The van der Waals surface area contributed by atoms with Gasteiger partial charge in [-0.15, -0.1) is 0 Å². The average molecular weight is 435 g/mol. The molecule has 4 saturated carbocycles. The lowest BCUT2D eigenvalue weighted by Crippen LogP contribution is -2.48. The van der Waals surface area contributed by atoms with E-state index in [2.05, 4.69) is 17.4 Å². The van der Waals surface area contributed by atoms with Crippen LogP contribution in [0, 0.1) is 17.8 Å². The van der Waals surface area contributed by atoms with Crippen LogP contribution in [0.3, 0.4) is 0 Å². The van der Waals surface area contributed by atoms with E-state index in [-0.39, 0.29) is 23.9 Å². The van der Waals surface area contributed by atoms with Crippen LogP contribution in [0.15, 0.2) is 24.3 Å². The Morgan fingerprint density at radius 2 is 1.67 bits per heavy atom. The van der Waals surface area contributed by atoms with Crippen LogP contribution < -0.4 is 9.62 Å². The molecule has 0 unspecified atom stereocenters. The van der Waals surface area contributed by atoms with Gasteiger partial charge in [-0.3, -0.25) is 9.10 Å². The summed E-state index contributed by atoms with van der Waals surface area (Å²) in [4.78, 5) is 12.4. The third kappa shape index (κ3) is 4.37. The lowest BCUT2D eigenvalue weighted by Gasteiger charge is -2.57. The van der Waals surface area contributed by atoms with E-state index in [1.165, 1.54) is 48.4 Å². The zero-order valence-electron chi connectivity index (χ0n) is 18.3. The van der Waals surface area contributed by atoms with E-state index >= 15 is 0 Å². The van der Waals surface area contributed by atoms with E-state index in [4.69, 9.17) is 4.74 Å². The second kappa shape index (κ2) is 8.15. The Kier molecular flexibility index (Phi) is 5.88. The number of nitrogens with one attached hydrogen (secondary N) is 1. The molecule has 6 nitrogen and oxygen atoms in total. The second-order valence-electron chi connectivity index (χ2n) is 9.94. The standard InChI is InChI=1S/C23H34N2O4S/c1-16(15-29-2)24-22(26)14-25(30(3,27)28)21-6-4-20(5-7-21)23-11-17-8-18(12-23)10-19(9-17)13-23/h4-7,16-19H,8-15H2,1-3H3,(H,24,26)/t16-,17?,18?,19?,23?/m1/s1. The summed E-state index contributed by atoms with van der Waals surface area (Å²) in [6.45, 7) is 1.97. The Balaban J connectivity index is 1.51. The molecule has 4 aliphatic carbocycles. The summed E-state index contributed by atoms with van der Waals surface area (Å²) in [7, 11) is -2.01. The number of anilines is 1. The van der Waals surface area contributed by atoms with E-state index in [1.54, 1.807) is 7.11 Å². The number of hydrogen-bond donors (Lipinski definition) is 1. The van der Waals surface area contributed by atoms with Crippen LogP contribution >= 0.6 is 0 Å². The van der Waals surface area contributed by atoms with Crippen molar-refractivity contribution in [1.82, 2.24) is 5.32 Å². The van der Waals surface area contributed by atoms with Crippen LogP contribution in [0.25, 0.3) is 0 Å². The highest BCUT2D eigenvalue weighted by Crippen LogP contribution is 2.60. The normalized spacial score (nSPS) is 30.8. The fourth-order valence-electron chi connectivity index (χ4n) is 6.59. The fraction of sp³-hybridized carbons (Fsp3) is 0.696. The average Bonchev–Trinajstić information content (AvgIpc) is 2.64. The van der Waals surface area contributed by atoms with Crippen LogP contribution in [-0.4, -0.2) is 46.9 Å². The summed E-state index contributed by atoms with van der Waals surface area (Å²) in [5, 5.41) is 2.78. The maximum Gasteiger partial charge on any atom is 0.241 e. The van der Waals surface area contributed by atoms with Gasteiger partial charge < -0.3 is 10.1 Å². The number of nitrogens with zero attached hydrogens (tertiary/aromatic N) is 1. The van der Waals surface area contributed by atoms with Crippen LogP contribution in [-0.2, 0) is 25.0 Å². The Labute approximate surface area is 180 Å². The Morgan fingerprint density at radius 3 is 2.13 bits per heavy atom. The minimum atomic E-state index is -3.58. The van der Waals surface area contributed by atoms with Gasteiger partial charge in [0.05, 0.1) is 18.6 Å². The third-order valence-electron chi connectivity index (χ3n) is 7.32. The first-order chi connectivity index (χ1) is 14.2. The predicted molar refractivity (Wildman–Crippen MR) is 118 cm³/mol. The summed E-state index contributed by atoms with van der Waals surface area (Å²) in [5.41, 5.74) is 2.16. The van der Waals surface area contributed by atoms with Gasteiger partial charge in [-0.25, -0.2) is 8.42 Å². The zero-order chi connectivity index (χ0) is 21.5. The summed E-state index contributed by atoms with van der Waals surface area (Å²) in [6, 6.07) is 7.78. The van der Waals surface area contributed by atoms with Gasteiger partial charge in [0, 0.05) is 13.2 Å². The Morgan fingerprint density at radius 1 is 1.13 bits per heavy atom. The van der Waals surface area contributed by atoms with Gasteiger partial charge in [-0.2, -0.15) is 0 Å². The van der Waals surface area contributed by atoms with Crippen molar-refractivity contribution in [3.63, 3.8) is 0 Å². The molecular weight excluding hydrogens is 400 g/mol. The van der Waals surface area contributed by atoms with Gasteiger partial charge in [0.15, 0.2) is 0 Å². The highest BCUT2D eigenvalue weighted by molar-refractivity contribution is 7.92. The minimum absolute atomic E-state index is 0.178. The number of carbonyl (C=O) groups is 1. The molecule has 7 heteroatoms. The van der Waals surface area contributed by atoms with Crippen LogP contribution in [0.4, 0.5) is 5.69 Å². The third-order valence-corrected chi connectivity index (χ3v) is 8.46. The van der Waals surface area contributed by atoms with Crippen molar-refractivity contribution in [3.8, 4) is 0 Å². The first-order valence-corrected chi connectivity index (χ1v) is 12.9. The monoisotopic (exact) mass is 434 g/mol. The van der Waals surface area contributed by atoms with Gasteiger partial charge in [-0.1, -0.05) is 12.1 Å². The molecule has 0 aromatic heterocycles. The highest BCUT2D eigenvalue weighted by atomic mass is 32.2.